The van der Waals surface area contributed by atoms with Crippen molar-refractivity contribution in [2.24, 2.45) is 5.73 Å². The van der Waals surface area contributed by atoms with Gasteiger partial charge in [-0.1, -0.05) is 0 Å². The highest BCUT2D eigenvalue weighted by atomic mass is 19.4. The fourth-order valence-electron chi connectivity index (χ4n) is 1.03. The molecule has 0 rings (SSSR count). The van der Waals surface area contributed by atoms with E-state index in [1.54, 1.807) is 0 Å². The number of rotatable bonds is 7. The minimum Gasteiger partial charge on any atom is -0.328 e. The van der Waals surface area contributed by atoms with Crippen molar-refractivity contribution >= 4 is 0 Å². The van der Waals surface area contributed by atoms with Gasteiger partial charge in [0.05, 0.1) is 0 Å². The third-order valence-corrected chi connectivity index (χ3v) is 1.84. The third-order valence-electron chi connectivity index (χ3n) is 1.84. The first kappa shape index (κ1) is 13.7. The molecule has 3 N–H and O–H groups in total. The summed E-state index contributed by atoms with van der Waals surface area (Å²) in [4.78, 5) is 0. The molecule has 0 aromatic rings. The molecule has 0 saturated heterocycles. The summed E-state index contributed by atoms with van der Waals surface area (Å²) in [7, 11) is 0. The monoisotopic (exact) mass is 212 g/mol. The predicted molar refractivity (Wildman–Crippen MR) is 51.0 cm³/mol. The molecule has 0 saturated carbocycles. The fourth-order valence-corrected chi connectivity index (χ4v) is 1.03. The summed E-state index contributed by atoms with van der Waals surface area (Å²) in [5.41, 5.74) is 5.50. The van der Waals surface area contributed by atoms with Gasteiger partial charge in [0.15, 0.2) is 0 Å². The normalized spacial score (nSPS) is 14.4. The van der Waals surface area contributed by atoms with Crippen molar-refractivity contribution in [2.75, 3.05) is 13.1 Å². The molecule has 1 unspecified atom stereocenters. The topological polar surface area (TPSA) is 38.0 Å². The zero-order chi connectivity index (χ0) is 11.0. The van der Waals surface area contributed by atoms with Gasteiger partial charge < -0.3 is 11.1 Å². The summed E-state index contributed by atoms with van der Waals surface area (Å²) >= 11 is 0. The lowest BCUT2D eigenvalue weighted by Gasteiger charge is -2.08. The number of unbranched alkanes of at least 4 members (excludes halogenated alkanes) is 1. The van der Waals surface area contributed by atoms with E-state index < -0.39 is 12.6 Å². The van der Waals surface area contributed by atoms with E-state index in [9.17, 15) is 13.2 Å². The first-order valence-corrected chi connectivity index (χ1v) is 4.95. The number of nitrogens with one attached hydrogen (secondary N) is 1. The maximum absolute atomic E-state index is 11.7. The van der Waals surface area contributed by atoms with Crippen molar-refractivity contribution in [3.05, 3.63) is 0 Å². The smallest absolute Gasteiger partial charge is 0.328 e. The largest absolute Gasteiger partial charge is 0.389 e. The van der Waals surface area contributed by atoms with Gasteiger partial charge in [-0.25, -0.2) is 0 Å². The molecule has 0 aliphatic heterocycles. The molecular weight excluding hydrogens is 193 g/mol. The van der Waals surface area contributed by atoms with Gasteiger partial charge in [0.1, 0.15) is 0 Å². The Morgan fingerprint density at radius 1 is 1.21 bits per heavy atom. The highest BCUT2D eigenvalue weighted by molar-refractivity contribution is 4.57. The summed E-state index contributed by atoms with van der Waals surface area (Å²) in [6.07, 6.45) is -3.06. The van der Waals surface area contributed by atoms with Gasteiger partial charge >= 0.3 is 6.18 Å². The van der Waals surface area contributed by atoms with Crippen molar-refractivity contribution in [3.8, 4) is 0 Å². The average Bonchev–Trinajstić information content (AvgIpc) is 2.00. The summed E-state index contributed by atoms with van der Waals surface area (Å²) < 4.78 is 35.1. The second kappa shape index (κ2) is 7.06. The Balaban J connectivity index is 3.07. The van der Waals surface area contributed by atoms with Gasteiger partial charge in [-0.15, -0.1) is 0 Å². The lowest BCUT2D eigenvalue weighted by Crippen LogP contribution is -2.24. The van der Waals surface area contributed by atoms with E-state index in [1.165, 1.54) is 0 Å². The van der Waals surface area contributed by atoms with E-state index in [1.807, 2.05) is 6.92 Å². The van der Waals surface area contributed by atoms with Crippen LogP contribution in [0.1, 0.15) is 32.6 Å². The van der Waals surface area contributed by atoms with Crippen LogP contribution >= 0.6 is 0 Å². The molecule has 5 heteroatoms. The molecule has 0 spiro atoms. The van der Waals surface area contributed by atoms with Crippen LogP contribution in [-0.4, -0.2) is 25.3 Å². The number of halogens is 3. The molecule has 2 nitrogen and oxygen atoms in total. The second-order valence-corrected chi connectivity index (χ2v) is 3.59. The molecule has 0 aromatic heterocycles. The highest BCUT2D eigenvalue weighted by Gasteiger charge is 2.25. The van der Waals surface area contributed by atoms with E-state index in [0.29, 0.717) is 13.0 Å². The Labute approximate surface area is 83.0 Å². The Bertz CT molecular complexity index is 135. The number of alkyl halides is 3. The van der Waals surface area contributed by atoms with E-state index >= 15 is 0 Å². The number of nitrogens with two attached hydrogens (primary N) is 1. The summed E-state index contributed by atoms with van der Waals surface area (Å²) in [6, 6.07) is 0.151. The minimum atomic E-state index is -4.01. The Hall–Kier alpha value is -0.290. The molecule has 0 amide bonds. The molecule has 0 fully saturated rings. The highest BCUT2D eigenvalue weighted by Crippen LogP contribution is 2.21. The van der Waals surface area contributed by atoms with Crippen LogP contribution in [0.4, 0.5) is 13.2 Å². The Morgan fingerprint density at radius 3 is 2.36 bits per heavy atom. The lowest BCUT2D eigenvalue weighted by atomic mass is 10.2. The zero-order valence-electron chi connectivity index (χ0n) is 8.53. The maximum atomic E-state index is 11.7. The van der Waals surface area contributed by atoms with E-state index in [2.05, 4.69) is 5.32 Å². The summed E-state index contributed by atoms with van der Waals surface area (Å²) in [5, 5.41) is 3.06. The molecule has 0 aliphatic carbocycles. The van der Waals surface area contributed by atoms with Crippen LogP contribution in [0.5, 0.6) is 0 Å². The van der Waals surface area contributed by atoms with Crippen LogP contribution < -0.4 is 11.1 Å². The van der Waals surface area contributed by atoms with Crippen LogP contribution in [0, 0.1) is 0 Å². The lowest BCUT2D eigenvalue weighted by molar-refractivity contribution is -0.135. The second-order valence-electron chi connectivity index (χ2n) is 3.59. The molecule has 0 aromatic carbocycles. The fraction of sp³-hybridized carbons (Fsp3) is 1.00. The standard InChI is InChI=1S/C9H19F3N2/c1-8(13)4-7-14-6-3-2-5-9(10,11)12/h8,14H,2-7,13H2,1H3. The molecule has 0 radical (unpaired) electrons. The summed E-state index contributed by atoms with van der Waals surface area (Å²) in [5.74, 6) is 0. The van der Waals surface area contributed by atoms with Crippen molar-refractivity contribution in [1.82, 2.24) is 5.32 Å². The quantitative estimate of drug-likeness (QED) is 0.634. The van der Waals surface area contributed by atoms with Crippen molar-refractivity contribution in [2.45, 2.75) is 44.8 Å². The molecule has 0 aliphatic rings. The molecule has 86 valence electrons. The molecular formula is C9H19F3N2. The molecule has 14 heavy (non-hydrogen) atoms. The van der Waals surface area contributed by atoms with Crippen molar-refractivity contribution < 1.29 is 13.2 Å². The third kappa shape index (κ3) is 11.7. The minimum absolute atomic E-state index is 0.151. The van der Waals surface area contributed by atoms with Crippen LogP contribution in [0.25, 0.3) is 0 Å². The van der Waals surface area contributed by atoms with Gasteiger partial charge in [0, 0.05) is 12.5 Å². The summed E-state index contributed by atoms with van der Waals surface area (Å²) in [6.45, 7) is 3.33. The van der Waals surface area contributed by atoms with E-state index in [-0.39, 0.29) is 12.5 Å². The SMILES string of the molecule is CC(N)CCNCCCCC(F)(F)F. The average molecular weight is 212 g/mol. The Morgan fingerprint density at radius 2 is 1.86 bits per heavy atom. The van der Waals surface area contributed by atoms with Gasteiger partial charge in [0.2, 0.25) is 0 Å². The van der Waals surface area contributed by atoms with Crippen LogP contribution in [0.15, 0.2) is 0 Å². The van der Waals surface area contributed by atoms with Crippen LogP contribution in [-0.2, 0) is 0 Å². The number of hydrogen-bond donors (Lipinski definition) is 2. The molecule has 0 bridgehead atoms. The molecule has 1 atom stereocenters. The van der Waals surface area contributed by atoms with Crippen LogP contribution in [0.3, 0.4) is 0 Å². The number of hydrogen-bond acceptors (Lipinski definition) is 2. The first-order chi connectivity index (χ1) is 6.42. The van der Waals surface area contributed by atoms with Gasteiger partial charge in [-0.2, -0.15) is 13.2 Å². The van der Waals surface area contributed by atoms with Gasteiger partial charge in [0.25, 0.3) is 0 Å². The first-order valence-electron chi connectivity index (χ1n) is 4.95. The van der Waals surface area contributed by atoms with Crippen LogP contribution in [0.2, 0.25) is 0 Å². The predicted octanol–water partition coefficient (Wildman–Crippen LogP) is 2.05. The van der Waals surface area contributed by atoms with Crippen molar-refractivity contribution in [1.29, 1.82) is 0 Å². The molecule has 0 heterocycles. The van der Waals surface area contributed by atoms with E-state index in [0.717, 1.165) is 13.0 Å². The van der Waals surface area contributed by atoms with Gasteiger partial charge in [-0.05, 0) is 39.3 Å². The maximum Gasteiger partial charge on any atom is 0.389 e. The van der Waals surface area contributed by atoms with E-state index in [4.69, 9.17) is 5.73 Å². The zero-order valence-corrected chi connectivity index (χ0v) is 8.53. The van der Waals surface area contributed by atoms with Crippen molar-refractivity contribution in [3.63, 3.8) is 0 Å². The Kier molecular flexibility index (Phi) is 6.92. The van der Waals surface area contributed by atoms with Gasteiger partial charge in [-0.3, -0.25) is 0 Å².